The second kappa shape index (κ2) is 4.41. The molecule has 0 radical (unpaired) electrons. The summed E-state index contributed by atoms with van der Waals surface area (Å²) in [5.41, 5.74) is 0.502. The van der Waals surface area contributed by atoms with E-state index in [1.165, 1.54) is 19.3 Å². The molecular formula is C13H15BrN2O. The average Bonchev–Trinajstić information content (AvgIpc) is 2.91. The third-order valence-corrected chi connectivity index (χ3v) is 4.44. The first-order valence-corrected chi connectivity index (χ1v) is 6.95. The molecule has 0 aliphatic heterocycles. The van der Waals surface area contributed by atoms with Crippen LogP contribution in [0.3, 0.4) is 0 Å². The van der Waals surface area contributed by atoms with Crippen molar-refractivity contribution in [1.82, 2.24) is 10.3 Å². The molecule has 1 aromatic heterocycles. The first-order valence-electron chi connectivity index (χ1n) is 6.16. The van der Waals surface area contributed by atoms with Crippen LogP contribution in [0.25, 0.3) is 0 Å². The zero-order valence-electron chi connectivity index (χ0n) is 9.53. The van der Waals surface area contributed by atoms with E-state index in [4.69, 9.17) is 0 Å². The highest BCUT2D eigenvalue weighted by Gasteiger charge is 2.40. The Morgan fingerprint density at radius 3 is 2.88 bits per heavy atom. The first kappa shape index (κ1) is 11.2. The second-order valence-corrected chi connectivity index (χ2v) is 5.91. The molecule has 3 nitrogen and oxygen atoms in total. The predicted octanol–water partition coefficient (Wildman–Crippen LogP) is 2.76. The van der Waals surface area contributed by atoms with E-state index in [2.05, 4.69) is 26.2 Å². The van der Waals surface area contributed by atoms with Gasteiger partial charge in [-0.1, -0.05) is 12.5 Å². The van der Waals surface area contributed by atoms with E-state index >= 15 is 0 Å². The van der Waals surface area contributed by atoms with E-state index in [1.54, 1.807) is 6.07 Å². The molecule has 1 aromatic rings. The Morgan fingerprint density at radius 1 is 1.35 bits per heavy atom. The van der Waals surface area contributed by atoms with Crippen molar-refractivity contribution in [2.45, 2.75) is 31.7 Å². The maximum Gasteiger partial charge on any atom is 0.270 e. The molecule has 0 aromatic carbocycles. The molecule has 2 aliphatic rings. The van der Waals surface area contributed by atoms with Crippen LogP contribution in [0, 0.1) is 11.8 Å². The van der Waals surface area contributed by atoms with Crippen molar-refractivity contribution in [3.8, 4) is 0 Å². The first-order chi connectivity index (χ1) is 8.22. The minimum absolute atomic E-state index is 0.0381. The fourth-order valence-corrected chi connectivity index (χ4v) is 3.54. The van der Waals surface area contributed by atoms with Crippen molar-refractivity contribution in [3.05, 3.63) is 28.5 Å². The standard InChI is InChI=1S/C13H15BrN2O/c14-12-3-1-2-10(15-12)13(17)16-11-7-8-4-5-9(11)6-8/h1-3,8-9,11H,4-7H2,(H,16,17). The Hall–Kier alpha value is -0.900. The topological polar surface area (TPSA) is 42.0 Å². The summed E-state index contributed by atoms with van der Waals surface area (Å²) >= 11 is 3.28. The van der Waals surface area contributed by atoms with E-state index in [0.29, 0.717) is 22.3 Å². The summed E-state index contributed by atoms with van der Waals surface area (Å²) < 4.78 is 0.707. The SMILES string of the molecule is O=C(NC1CC2CCC1C2)c1cccc(Br)n1. The quantitative estimate of drug-likeness (QED) is 0.852. The van der Waals surface area contributed by atoms with Gasteiger partial charge in [0.2, 0.25) is 0 Å². The molecule has 1 amide bonds. The Bertz CT molecular complexity index is 449. The fraction of sp³-hybridized carbons (Fsp3) is 0.538. The molecule has 3 atom stereocenters. The van der Waals surface area contributed by atoms with Gasteiger partial charge < -0.3 is 5.32 Å². The lowest BCUT2D eigenvalue weighted by molar-refractivity contribution is 0.0917. The largest absolute Gasteiger partial charge is 0.348 e. The Balaban J connectivity index is 1.68. The van der Waals surface area contributed by atoms with Gasteiger partial charge in [-0.05, 0) is 59.2 Å². The molecule has 2 bridgehead atoms. The highest BCUT2D eigenvalue weighted by atomic mass is 79.9. The number of rotatable bonds is 2. The van der Waals surface area contributed by atoms with Gasteiger partial charge in [0, 0.05) is 6.04 Å². The molecule has 0 spiro atoms. The summed E-state index contributed by atoms with van der Waals surface area (Å²) in [5, 5.41) is 3.13. The van der Waals surface area contributed by atoms with E-state index in [1.807, 2.05) is 12.1 Å². The molecule has 2 aliphatic carbocycles. The average molecular weight is 295 g/mol. The van der Waals surface area contributed by atoms with Gasteiger partial charge in [0.25, 0.3) is 5.91 Å². The molecule has 4 heteroatoms. The molecule has 2 fully saturated rings. The number of hydrogen-bond acceptors (Lipinski definition) is 2. The summed E-state index contributed by atoms with van der Waals surface area (Å²) in [5.74, 6) is 1.51. The van der Waals surface area contributed by atoms with Crippen molar-refractivity contribution in [3.63, 3.8) is 0 Å². The van der Waals surface area contributed by atoms with Gasteiger partial charge in [-0.2, -0.15) is 0 Å². The van der Waals surface area contributed by atoms with Crippen molar-refractivity contribution in [1.29, 1.82) is 0 Å². The van der Waals surface area contributed by atoms with E-state index in [9.17, 15) is 4.79 Å². The zero-order valence-corrected chi connectivity index (χ0v) is 11.1. The van der Waals surface area contributed by atoms with Gasteiger partial charge in [-0.15, -0.1) is 0 Å². The fourth-order valence-electron chi connectivity index (χ4n) is 3.20. The van der Waals surface area contributed by atoms with Crippen LogP contribution in [0.2, 0.25) is 0 Å². The van der Waals surface area contributed by atoms with Gasteiger partial charge >= 0.3 is 0 Å². The molecule has 0 saturated heterocycles. The minimum atomic E-state index is -0.0381. The second-order valence-electron chi connectivity index (χ2n) is 5.10. The van der Waals surface area contributed by atoms with Crippen molar-refractivity contribution >= 4 is 21.8 Å². The van der Waals surface area contributed by atoms with Gasteiger partial charge in [0.1, 0.15) is 10.3 Å². The Labute approximate surface area is 109 Å². The number of nitrogens with zero attached hydrogens (tertiary/aromatic N) is 1. The van der Waals surface area contributed by atoms with Crippen molar-refractivity contribution in [2.75, 3.05) is 0 Å². The van der Waals surface area contributed by atoms with Crippen molar-refractivity contribution < 1.29 is 4.79 Å². The molecule has 1 heterocycles. The number of nitrogens with one attached hydrogen (secondary N) is 1. The van der Waals surface area contributed by atoms with Gasteiger partial charge in [-0.25, -0.2) is 4.98 Å². The van der Waals surface area contributed by atoms with Crippen LogP contribution in [0.4, 0.5) is 0 Å². The summed E-state index contributed by atoms with van der Waals surface area (Å²) in [6.07, 6.45) is 5.09. The molecule has 1 N–H and O–H groups in total. The smallest absolute Gasteiger partial charge is 0.270 e. The normalized spacial score (nSPS) is 30.5. The van der Waals surface area contributed by atoms with E-state index < -0.39 is 0 Å². The Kier molecular flexibility index (Phi) is 2.90. The molecule has 90 valence electrons. The number of carbonyl (C=O) groups excluding carboxylic acids is 1. The molecule has 2 saturated carbocycles. The third-order valence-electron chi connectivity index (χ3n) is 4.00. The third kappa shape index (κ3) is 2.23. The summed E-state index contributed by atoms with van der Waals surface area (Å²) in [6, 6.07) is 5.80. The van der Waals surface area contributed by atoms with Crippen LogP contribution in [-0.2, 0) is 0 Å². The van der Waals surface area contributed by atoms with E-state index in [-0.39, 0.29) is 5.91 Å². The van der Waals surface area contributed by atoms with Crippen LogP contribution in [0.15, 0.2) is 22.8 Å². The van der Waals surface area contributed by atoms with Gasteiger partial charge in [0.15, 0.2) is 0 Å². The van der Waals surface area contributed by atoms with Gasteiger partial charge in [0.05, 0.1) is 0 Å². The number of aromatic nitrogens is 1. The Morgan fingerprint density at radius 2 is 2.24 bits per heavy atom. The summed E-state index contributed by atoms with van der Waals surface area (Å²) in [7, 11) is 0. The number of fused-ring (bicyclic) bond motifs is 2. The number of pyridine rings is 1. The monoisotopic (exact) mass is 294 g/mol. The lowest BCUT2D eigenvalue weighted by Gasteiger charge is -2.22. The highest BCUT2D eigenvalue weighted by Crippen LogP contribution is 2.44. The lowest BCUT2D eigenvalue weighted by Crippen LogP contribution is -2.38. The zero-order chi connectivity index (χ0) is 11.8. The van der Waals surface area contributed by atoms with Crippen LogP contribution >= 0.6 is 15.9 Å². The maximum absolute atomic E-state index is 12.0. The lowest BCUT2D eigenvalue weighted by atomic mass is 9.95. The highest BCUT2D eigenvalue weighted by molar-refractivity contribution is 9.10. The molecular weight excluding hydrogens is 280 g/mol. The number of amides is 1. The summed E-state index contributed by atoms with van der Waals surface area (Å²) in [4.78, 5) is 16.2. The minimum Gasteiger partial charge on any atom is -0.348 e. The van der Waals surface area contributed by atoms with Gasteiger partial charge in [-0.3, -0.25) is 4.79 Å². The number of halogens is 1. The van der Waals surface area contributed by atoms with Crippen LogP contribution in [0.1, 0.15) is 36.2 Å². The summed E-state index contributed by atoms with van der Waals surface area (Å²) in [6.45, 7) is 0. The molecule has 17 heavy (non-hydrogen) atoms. The predicted molar refractivity (Wildman–Crippen MR) is 68.6 cm³/mol. The number of carbonyl (C=O) groups is 1. The molecule has 3 rings (SSSR count). The van der Waals surface area contributed by atoms with E-state index in [0.717, 1.165) is 12.3 Å². The van der Waals surface area contributed by atoms with Crippen LogP contribution in [-0.4, -0.2) is 16.9 Å². The maximum atomic E-state index is 12.0. The van der Waals surface area contributed by atoms with Crippen LogP contribution < -0.4 is 5.32 Å². The van der Waals surface area contributed by atoms with Crippen molar-refractivity contribution in [2.24, 2.45) is 11.8 Å². The molecule has 3 unspecified atom stereocenters. The van der Waals surface area contributed by atoms with Crippen LogP contribution in [0.5, 0.6) is 0 Å². The number of hydrogen-bond donors (Lipinski definition) is 1.